The standard InChI is InChI=1S/C46H12N10O8S8/c1-53-35(57)19-15-16-20(28-27(19)65-43(66-28)11(5-47)6-48)36(58)54(2)40(62)24(16)32-31(23(15)39(53)61)69-45(70-32)13(9-51)14(10-52)46-71-33-25-17-18-22(38(60)56(4)42(64)26(18)34(33)72-46)30-29(21(17)37(59)55(3)41(25)63)67-44(68-30)12(7-49)8-50/h1-4H3. The molecule has 0 fully saturated rings. The maximum atomic E-state index is 14.4. The number of benzene rings is 4. The summed E-state index contributed by atoms with van der Waals surface area (Å²) in [6.07, 6.45) is 0. The minimum Gasteiger partial charge on any atom is -0.277 e. The first-order valence-electron chi connectivity index (χ1n) is 20.1. The van der Waals surface area contributed by atoms with E-state index in [1.165, 1.54) is 28.2 Å². The highest BCUT2D eigenvalue weighted by molar-refractivity contribution is 7.40. The Morgan fingerprint density at radius 2 is 0.444 bits per heavy atom. The van der Waals surface area contributed by atoms with E-state index in [2.05, 4.69) is 12.1 Å². The first kappa shape index (κ1) is 44.8. The molecule has 0 unspecified atom stereocenters. The molecule has 0 saturated heterocycles. The van der Waals surface area contributed by atoms with Gasteiger partial charge in [-0.3, -0.25) is 56.6 Å². The quantitative estimate of drug-likeness (QED) is 0.213. The molecule has 342 valence electrons. The molecule has 0 aliphatic carbocycles. The number of hydrogen-bond donors (Lipinski definition) is 0. The molecule has 18 nitrogen and oxygen atoms in total. The van der Waals surface area contributed by atoms with E-state index in [1.54, 1.807) is 0 Å². The minimum atomic E-state index is -0.786. The Hall–Kier alpha value is -8.38. The molecular formula is C46H12N10O8S8. The fourth-order valence-electron chi connectivity index (χ4n) is 9.31. The Balaban J connectivity index is 1.30. The van der Waals surface area contributed by atoms with E-state index in [1.807, 2.05) is 24.3 Å². The Kier molecular flexibility index (Phi) is 9.38. The smallest absolute Gasteiger partial charge is 0.262 e. The van der Waals surface area contributed by atoms with Crippen molar-refractivity contribution < 1.29 is 0 Å². The third-order valence-corrected chi connectivity index (χ3v) is 23.1. The van der Waals surface area contributed by atoms with E-state index >= 15 is 0 Å². The Bertz CT molecular complexity index is 5180. The van der Waals surface area contributed by atoms with Crippen molar-refractivity contribution in [3.63, 3.8) is 0 Å². The zero-order chi connectivity index (χ0) is 51.0. The highest BCUT2D eigenvalue weighted by Gasteiger charge is 2.31. The number of rotatable bonds is 1. The predicted octanol–water partition coefficient (Wildman–Crippen LogP) is 3.27. The van der Waals surface area contributed by atoms with Crippen LogP contribution in [0.15, 0.2) is 38.4 Å². The van der Waals surface area contributed by atoms with Gasteiger partial charge in [0.25, 0.3) is 44.5 Å². The van der Waals surface area contributed by atoms with Crippen LogP contribution in [0.25, 0.3) is 125 Å². The molecular weight excluding hydrogens is 1080 g/mol. The fourth-order valence-corrected chi connectivity index (χ4v) is 20.1. The summed E-state index contributed by atoms with van der Waals surface area (Å²) in [6.45, 7) is 0. The van der Waals surface area contributed by atoms with Crippen LogP contribution >= 0.6 is 90.7 Å². The van der Waals surface area contributed by atoms with Crippen LogP contribution in [0.5, 0.6) is 0 Å². The van der Waals surface area contributed by atoms with Crippen LogP contribution in [0.1, 0.15) is 0 Å². The van der Waals surface area contributed by atoms with Crippen molar-refractivity contribution in [3.8, 4) is 36.4 Å². The van der Waals surface area contributed by atoms with Crippen molar-refractivity contribution >= 4 is 215 Å². The summed E-state index contributed by atoms with van der Waals surface area (Å²) in [5.41, 5.74) is -7.19. The van der Waals surface area contributed by atoms with E-state index < -0.39 is 44.5 Å². The van der Waals surface area contributed by atoms with Gasteiger partial charge in [-0.25, -0.2) is 0 Å². The van der Waals surface area contributed by atoms with Crippen molar-refractivity contribution in [3.05, 3.63) is 98.2 Å². The number of nitriles is 6. The molecule has 0 aliphatic heterocycles. The molecule has 12 aromatic rings. The monoisotopic (exact) mass is 1090 g/mol. The summed E-state index contributed by atoms with van der Waals surface area (Å²) < 4.78 is 5.63. The Morgan fingerprint density at radius 3 is 0.597 bits per heavy atom. The van der Waals surface area contributed by atoms with Gasteiger partial charge in [-0.15, -0.1) is 90.7 Å². The summed E-state index contributed by atoms with van der Waals surface area (Å²) in [7, 11) is 5.04. The molecule has 0 spiro atoms. The van der Waals surface area contributed by atoms with Gasteiger partial charge in [-0.2, -0.15) is 31.6 Å². The zero-order valence-electron chi connectivity index (χ0n) is 36.0. The van der Waals surface area contributed by atoms with E-state index in [0.717, 1.165) is 109 Å². The van der Waals surface area contributed by atoms with E-state index in [9.17, 15) is 69.9 Å². The highest BCUT2D eigenvalue weighted by atomic mass is 32.2. The minimum absolute atomic E-state index is 0.00913. The first-order valence-corrected chi connectivity index (χ1v) is 26.6. The van der Waals surface area contributed by atoms with E-state index in [0.29, 0.717) is 0 Å². The summed E-state index contributed by atoms with van der Waals surface area (Å²) >= 11 is 7.23. The van der Waals surface area contributed by atoms with Crippen LogP contribution in [0.4, 0.5) is 0 Å². The van der Waals surface area contributed by atoms with Gasteiger partial charge in [0, 0.05) is 49.7 Å². The molecule has 8 heterocycles. The van der Waals surface area contributed by atoms with Crippen LogP contribution in [-0.2, 0) is 28.2 Å². The molecule has 0 aliphatic rings. The number of aromatic nitrogens is 4. The molecule has 0 amide bonds. The number of hydrogen-bond acceptors (Lipinski definition) is 22. The second-order valence-corrected chi connectivity index (χ2v) is 25.1. The van der Waals surface area contributed by atoms with E-state index in [4.69, 9.17) is 0 Å². The van der Waals surface area contributed by atoms with Gasteiger partial charge >= 0.3 is 0 Å². The topological polar surface area (TPSA) is 299 Å². The summed E-state index contributed by atoms with van der Waals surface area (Å²) in [5.74, 6) is 0. The summed E-state index contributed by atoms with van der Waals surface area (Å²) in [4.78, 5) is 115. The molecule has 12 rings (SSSR count). The van der Waals surface area contributed by atoms with Crippen LogP contribution in [0, 0.1) is 68.0 Å². The zero-order valence-corrected chi connectivity index (χ0v) is 42.5. The van der Waals surface area contributed by atoms with Crippen LogP contribution in [0.2, 0.25) is 0 Å². The predicted molar refractivity (Wildman–Crippen MR) is 285 cm³/mol. The van der Waals surface area contributed by atoms with Crippen molar-refractivity contribution in [2.45, 2.75) is 0 Å². The lowest BCUT2D eigenvalue weighted by atomic mass is 9.96. The van der Waals surface area contributed by atoms with Gasteiger partial charge in [0.15, 0.2) is 11.1 Å². The molecule has 0 N–H and O–H groups in total. The SMILES string of the molecule is Cn1c(=O)c2c3sc(=C(C#N)C#N)sc3c3c(=O)n(C)c(=O)c4c5sc(=C(C#N)C(C#N)=c6sc7c(s6)c6c(=O)n(C)c(=O)c8c9sc(=C(C#N)C#N)sc9c9c(=O)n(C)c(=O)c7c9c86)sc5c(c1=O)c2c34. The second-order valence-electron chi connectivity index (χ2n) is 15.9. The Morgan fingerprint density at radius 1 is 0.278 bits per heavy atom. The molecule has 0 bridgehead atoms. The second kappa shape index (κ2) is 15.1. The van der Waals surface area contributed by atoms with Crippen molar-refractivity contribution in [2.75, 3.05) is 0 Å². The highest BCUT2D eigenvalue weighted by Crippen LogP contribution is 2.46. The largest absolute Gasteiger partial charge is 0.277 e. The normalized spacial score (nSPS) is 11.7. The van der Waals surface area contributed by atoms with Gasteiger partial charge in [-0.05, 0) is 0 Å². The number of fused-ring (bicyclic) bond motifs is 12. The molecule has 72 heavy (non-hydrogen) atoms. The van der Waals surface area contributed by atoms with Gasteiger partial charge in [0.2, 0.25) is 0 Å². The average molecular weight is 1090 g/mol. The fraction of sp³-hybridized carbons (Fsp3) is 0.0870. The van der Waals surface area contributed by atoms with E-state index in [-0.39, 0.29) is 140 Å². The van der Waals surface area contributed by atoms with Gasteiger partial charge in [0.05, 0.1) is 99.5 Å². The lowest BCUT2D eigenvalue weighted by Gasteiger charge is -2.13. The molecule has 0 radical (unpaired) electrons. The van der Waals surface area contributed by atoms with Gasteiger partial charge in [0.1, 0.15) is 44.1 Å². The van der Waals surface area contributed by atoms with Crippen LogP contribution in [0.3, 0.4) is 0 Å². The van der Waals surface area contributed by atoms with Gasteiger partial charge < -0.3 is 0 Å². The number of nitrogens with zero attached hydrogens (tertiary/aromatic N) is 10. The molecule has 4 aromatic carbocycles. The molecule has 0 saturated carbocycles. The van der Waals surface area contributed by atoms with Crippen molar-refractivity contribution in [1.29, 1.82) is 31.6 Å². The summed E-state index contributed by atoms with van der Waals surface area (Å²) in [6, 6.07) is 11.6. The summed E-state index contributed by atoms with van der Waals surface area (Å²) in [5, 5.41) is 60.8. The lowest BCUT2D eigenvalue weighted by Crippen LogP contribution is -2.33. The van der Waals surface area contributed by atoms with Crippen molar-refractivity contribution in [1.82, 2.24) is 18.3 Å². The molecule has 0 atom stereocenters. The maximum Gasteiger partial charge on any atom is 0.262 e. The Labute approximate surface area is 424 Å². The third kappa shape index (κ3) is 5.25. The first-order chi connectivity index (χ1) is 34.5. The average Bonchev–Trinajstić information content (AvgIpc) is 4.20. The van der Waals surface area contributed by atoms with Crippen LogP contribution in [-0.4, -0.2) is 18.3 Å². The molecule has 26 heteroatoms. The molecule has 8 aromatic heterocycles. The third-order valence-electron chi connectivity index (χ3n) is 12.6. The lowest BCUT2D eigenvalue weighted by molar-refractivity contribution is 0.840. The van der Waals surface area contributed by atoms with Crippen LogP contribution < -0.4 is 59.9 Å². The van der Waals surface area contributed by atoms with Gasteiger partial charge in [-0.1, -0.05) is 0 Å². The van der Waals surface area contributed by atoms with Crippen molar-refractivity contribution in [2.24, 2.45) is 28.2 Å². The maximum absolute atomic E-state index is 14.4. The number of pyridine rings is 4.